The molecule has 0 unspecified atom stereocenters. The second kappa shape index (κ2) is 18.2. The quantitative estimate of drug-likeness (QED) is 0.149. The summed E-state index contributed by atoms with van der Waals surface area (Å²) in [7, 11) is 1.59. The second-order valence-corrected chi connectivity index (χ2v) is 13.7. The predicted molar refractivity (Wildman–Crippen MR) is 192 cm³/mol. The first kappa shape index (κ1) is 37.2. The molecule has 1 heterocycles. The number of amides is 2. The van der Waals surface area contributed by atoms with Crippen molar-refractivity contribution in [2.24, 2.45) is 11.1 Å². The summed E-state index contributed by atoms with van der Waals surface area (Å²) >= 11 is 6.56. The number of benzene rings is 3. The number of nitrogens with one attached hydrogen (secondary N) is 2. The van der Waals surface area contributed by atoms with Crippen molar-refractivity contribution in [3.8, 4) is 11.5 Å². The number of para-hydroxylation sites is 1. The van der Waals surface area contributed by atoms with E-state index in [0.717, 1.165) is 32.4 Å². The summed E-state index contributed by atoms with van der Waals surface area (Å²) in [4.78, 5) is 28.9. The number of fused-ring (bicyclic) bond motifs is 1. The van der Waals surface area contributed by atoms with Crippen LogP contribution in [0.15, 0.2) is 66.7 Å². The number of hydrogen-bond acceptors (Lipinski definition) is 7. The van der Waals surface area contributed by atoms with Crippen LogP contribution in [-0.4, -0.2) is 64.4 Å². The lowest BCUT2D eigenvalue weighted by molar-refractivity contribution is -0.138. The van der Waals surface area contributed by atoms with E-state index >= 15 is 0 Å². The molecule has 9 nitrogen and oxygen atoms in total. The monoisotopic (exact) mass is 678 g/mol. The Bertz CT molecular complexity index is 1480. The Labute approximate surface area is 290 Å². The van der Waals surface area contributed by atoms with Crippen LogP contribution < -0.4 is 30.7 Å². The first-order chi connectivity index (χ1) is 23.1. The Hall–Kier alpha value is -3.63. The van der Waals surface area contributed by atoms with Gasteiger partial charge in [-0.05, 0) is 80.6 Å². The minimum absolute atomic E-state index is 0.140. The van der Waals surface area contributed by atoms with Crippen LogP contribution in [0.5, 0.6) is 11.5 Å². The summed E-state index contributed by atoms with van der Waals surface area (Å²) in [5, 5.41) is 6.87. The molecule has 10 heteroatoms. The highest BCUT2D eigenvalue weighted by atomic mass is 35.5. The highest BCUT2D eigenvalue weighted by Gasteiger charge is 2.40. The molecule has 260 valence electrons. The third-order valence-electron chi connectivity index (χ3n) is 8.02. The smallest absolute Gasteiger partial charge is 0.256 e. The fourth-order valence-corrected chi connectivity index (χ4v) is 5.97. The van der Waals surface area contributed by atoms with E-state index < -0.39 is 12.2 Å². The Balaban J connectivity index is 1.54. The number of halogens is 1. The van der Waals surface area contributed by atoms with Gasteiger partial charge in [-0.25, -0.2) is 0 Å². The molecule has 0 spiro atoms. The molecule has 0 aromatic heterocycles. The van der Waals surface area contributed by atoms with Crippen LogP contribution in [0.25, 0.3) is 0 Å². The number of nitrogens with two attached hydrogens (primary N) is 1. The van der Waals surface area contributed by atoms with E-state index in [-0.39, 0.29) is 23.7 Å². The van der Waals surface area contributed by atoms with Crippen LogP contribution in [0.3, 0.4) is 0 Å². The lowest BCUT2D eigenvalue weighted by Gasteiger charge is -2.31. The van der Waals surface area contributed by atoms with Gasteiger partial charge in [0.15, 0.2) is 11.5 Å². The van der Waals surface area contributed by atoms with E-state index in [9.17, 15) is 9.59 Å². The van der Waals surface area contributed by atoms with Crippen molar-refractivity contribution in [1.29, 1.82) is 0 Å². The lowest BCUT2D eigenvalue weighted by Crippen LogP contribution is -2.45. The minimum atomic E-state index is -1.05. The SMILES string of the molecule is COc1c(OCCCNCCCc2ccccc2)cccc1[C@@H]1O[C@@H](CC(=O)NCCCN)C(=O)N(CC(C)(C)C)c2ccc(Cl)cc21. The minimum Gasteiger partial charge on any atom is -0.492 e. The molecule has 2 atom stereocenters. The molecule has 0 saturated carbocycles. The van der Waals surface area contributed by atoms with Gasteiger partial charge in [-0.15, -0.1) is 0 Å². The summed E-state index contributed by atoms with van der Waals surface area (Å²) in [5.41, 5.74) is 8.79. The molecule has 3 aromatic rings. The number of methoxy groups -OCH3 is 1. The lowest BCUT2D eigenvalue weighted by atomic mass is 9.94. The fourth-order valence-electron chi connectivity index (χ4n) is 5.79. The summed E-state index contributed by atoms with van der Waals surface area (Å²) in [6, 6.07) is 21.6. The van der Waals surface area contributed by atoms with Crippen LogP contribution in [0.2, 0.25) is 5.02 Å². The summed E-state index contributed by atoms with van der Waals surface area (Å²) < 4.78 is 18.8. The standard InChI is InChI=1S/C38H51ClN4O5/c1-38(2,3)26-43-31-18-17-28(39)24-30(31)35(48-33(37(43)45)25-34(44)42-22-10-19-40)29-15-8-16-32(36(29)46-4)47-23-11-21-41-20-9-14-27-12-6-5-7-13-27/h5-8,12-13,15-18,24,33,35,41H,9-11,14,19-23,25-26,40H2,1-4H3,(H,42,44)/t33-,35-/m0/s1. The van der Waals surface area contributed by atoms with Crippen molar-refractivity contribution < 1.29 is 23.8 Å². The number of carbonyl (C=O) groups is 2. The van der Waals surface area contributed by atoms with Gasteiger partial charge in [0.1, 0.15) is 12.2 Å². The van der Waals surface area contributed by atoms with Gasteiger partial charge in [-0.1, -0.05) is 74.8 Å². The topological polar surface area (TPSA) is 115 Å². The average molecular weight is 679 g/mol. The molecule has 3 aromatic carbocycles. The first-order valence-electron chi connectivity index (χ1n) is 16.9. The molecular weight excluding hydrogens is 628 g/mol. The van der Waals surface area contributed by atoms with Crippen molar-refractivity contribution >= 4 is 29.1 Å². The maximum Gasteiger partial charge on any atom is 0.256 e. The number of aryl methyl sites for hydroxylation is 1. The Morgan fingerprint density at radius 3 is 2.48 bits per heavy atom. The average Bonchev–Trinajstić information content (AvgIpc) is 3.16. The maximum absolute atomic E-state index is 14.2. The van der Waals surface area contributed by atoms with E-state index in [1.54, 1.807) is 18.1 Å². The largest absolute Gasteiger partial charge is 0.492 e. The molecule has 0 radical (unpaired) electrons. The zero-order valence-corrected chi connectivity index (χ0v) is 29.5. The van der Waals surface area contributed by atoms with Crippen molar-refractivity contribution in [1.82, 2.24) is 10.6 Å². The second-order valence-electron chi connectivity index (χ2n) is 13.3. The van der Waals surface area contributed by atoms with Crippen molar-refractivity contribution in [2.45, 2.75) is 65.1 Å². The number of carbonyl (C=O) groups excluding carboxylic acids is 2. The van der Waals surface area contributed by atoms with Crippen LogP contribution in [0, 0.1) is 5.41 Å². The van der Waals surface area contributed by atoms with Gasteiger partial charge >= 0.3 is 0 Å². The van der Waals surface area contributed by atoms with E-state index in [2.05, 4.69) is 55.7 Å². The van der Waals surface area contributed by atoms with Crippen molar-refractivity contribution in [3.63, 3.8) is 0 Å². The van der Waals surface area contributed by atoms with Gasteiger partial charge in [-0.3, -0.25) is 9.59 Å². The molecule has 0 fully saturated rings. The van der Waals surface area contributed by atoms with E-state index in [1.807, 2.05) is 36.4 Å². The number of nitrogens with zero attached hydrogens (tertiary/aromatic N) is 1. The highest BCUT2D eigenvalue weighted by molar-refractivity contribution is 6.30. The molecule has 0 aliphatic carbocycles. The zero-order chi connectivity index (χ0) is 34.5. The zero-order valence-electron chi connectivity index (χ0n) is 28.7. The van der Waals surface area contributed by atoms with Gasteiger partial charge in [0.2, 0.25) is 5.91 Å². The number of ether oxygens (including phenoxy) is 3. The summed E-state index contributed by atoms with van der Waals surface area (Å²) in [6.07, 6.45) is 1.61. The predicted octanol–water partition coefficient (Wildman–Crippen LogP) is 6.06. The van der Waals surface area contributed by atoms with Crippen LogP contribution in [0.4, 0.5) is 5.69 Å². The highest BCUT2D eigenvalue weighted by Crippen LogP contribution is 2.45. The number of hydrogen-bond donors (Lipinski definition) is 3. The van der Waals surface area contributed by atoms with Gasteiger partial charge in [0.25, 0.3) is 5.91 Å². The third kappa shape index (κ3) is 10.7. The molecule has 48 heavy (non-hydrogen) atoms. The summed E-state index contributed by atoms with van der Waals surface area (Å²) in [5.74, 6) is 0.516. The molecule has 0 saturated heterocycles. The third-order valence-corrected chi connectivity index (χ3v) is 8.26. The van der Waals surface area contributed by atoms with Crippen LogP contribution >= 0.6 is 11.6 Å². The summed E-state index contributed by atoms with van der Waals surface area (Å²) in [6.45, 7) is 9.76. The van der Waals surface area contributed by atoms with E-state index in [1.165, 1.54) is 5.56 Å². The fraction of sp³-hybridized carbons (Fsp3) is 0.474. The van der Waals surface area contributed by atoms with Crippen molar-refractivity contribution in [2.75, 3.05) is 51.3 Å². The van der Waals surface area contributed by atoms with Gasteiger partial charge < -0.3 is 35.5 Å². The Morgan fingerprint density at radius 1 is 0.979 bits per heavy atom. The molecule has 1 aliphatic heterocycles. The van der Waals surface area contributed by atoms with Gasteiger partial charge in [0.05, 0.1) is 20.1 Å². The molecule has 1 aliphatic rings. The normalized spacial score (nSPS) is 16.3. The van der Waals surface area contributed by atoms with Crippen LogP contribution in [0.1, 0.15) is 69.2 Å². The number of rotatable bonds is 17. The maximum atomic E-state index is 14.2. The first-order valence-corrected chi connectivity index (χ1v) is 17.3. The van der Waals surface area contributed by atoms with E-state index in [0.29, 0.717) is 66.0 Å². The molecule has 4 N–H and O–H groups in total. The molecule has 0 bridgehead atoms. The number of anilines is 1. The molecule has 4 rings (SSSR count). The van der Waals surface area contributed by atoms with E-state index in [4.69, 9.17) is 31.5 Å². The molecular formula is C38H51ClN4O5. The Kier molecular flexibility index (Phi) is 14.1. The van der Waals surface area contributed by atoms with Crippen LogP contribution in [-0.2, 0) is 20.7 Å². The van der Waals surface area contributed by atoms with Gasteiger partial charge in [0, 0.05) is 34.9 Å². The van der Waals surface area contributed by atoms with Gasteiger partial charge in [-0.2, -0.15) is 0 Å². The Morgan fingerprint density at radius 2 is 1.75 bits per heavy atom. The van der Waals surface area contributed by atoms with Crippen molar-refractivity contribution in [3.05, 3.63) is 88.4 Å². The molecule has 2 amide bonds.